The van der Waals surface area contributed by atoms with E-state index in [0.717, 1.165) is 67.1 Å². The summed E-state index contributed by atoms with van der Waals surface area (Å²) in [4.78, 5) is 24.3. The minimum atomic E-state index is -0.183. The fraction of sp³-hybridized carbons (Fsp3) is 0.522. The lowest BCUT2D eigenvalue weighted by Gasteiger charge is -2.30. The Labute approximate surface area is 177 Å². The maximum absolute atomic E-state index is 13.4. The molecule has 1 fully saturated rings. The molecule has 0 spiro atoms. The van der Waals surface area contributed by atoms with E-state index in [2.05, 4.69) is 10.6 Å². The smallest absolute Gasteiger partial charge is 0.222 e. The van der Waals surface area contributed by atoms with Gasteiger partial charge in [-0.1, -0.05) is 12.1 Å². The van der Waals surface area contributed by atoms with Gasteiger partial charge in [0.25, 0.3) is 0 Å². The Balaban J connectivity index is 1.39. The number of benzene rings is 1. The van der Waals surface area contributed by atoms with Gasteiger partial charge < -0.3 is 15.5 Å². The van der Waals surface area contributed by atoms with E-state index < -0.39 is 0 Å². The highest BCUT2D eigenvalue weighted by molar-refractivity contribution is 5.76. The summed E-state index contributed by atoms with van der Waals surface area (Å²) < 4.78 is 13.4. The monoisotopic (exact) mass is 411 g/mol. The molecule has 0 radical (unpaired) electrons. The van der Waals surface area contributed by atoms with Crippen molar-refractivity contribution in [3.05, 3.63) is 52.2 Å². The van der Waals surface area contributed by atoms with Crippen molar-refractivity contribution < 1.29 is 9.18 Å². The molecule has 0 bridgehead atoms. The summed E-state index contributed by atoms with van der Waals surface area (Å²) >= 11 is 0. The molecule has 0 saturated carbocycles. The number of aromatic nitrogens is 2. The number of anilines is 1. The average Bonchev–Trinajstić information content (AvgIpc) is 3.30. The van der Waals surface area contributed by atoms with Crippen LogP contribution in [0.1, 0.15) is 59.9 Å². The second-order valence-electron chi connectivity index (χ2n) is 8.26. The third kappa shape index (κ3) is 4.46. The van der Waals surface area contributed by atoms with Crippen LogP contribution in [0.15, 0.2) is 18.2 Å². The molecule has 1 aromatic carbocycles. The predicted octanol–water partition coefficient (Wildman–Crippen LogP) is 3.30. The molecule has 0 aliphatic carbocycles. The van der Waals surface area contributed by atoms with E-state index in [1.54, 1.807) is 13.0 Å². The summed E-state index contributed by atoms with van der Waals surface area (Å²) in [5.74, 6) is 1.70. The van der Waals surface area contributed by atoms with Gasteiger partial charge in [-0.15, -0.1) is 0 Å². The van der Waals surface area contributed by atoms with E-state index in [9.17, 15) is 9.18 Å². The van der Waals surface area contributed by atoms with Crippen LogP contribution >= 0.6 is 0 Å². The molecule has 6 nitrogen and oxygen atoms in total. The van der Waals surface area contributed by atoms with Crippen LogP contribution in [-0.2, 0) is 24.2 Å². The summed E-state index contributed by atoms with van der Waals surface area (Å²) in [6, 6.07) is 5.38. The molecular weight excluding hydrogens is 381 g/mol. The van der Waals surface area contributed by atoms with Crippen molar-refractivity contribution >= 4 is 11.7 Å². The molecule has 7 heteroatoms. The maximum Gasteiger partial charge on any atom is 0.222 e. The topological polar surface area (TPSA) is 70.2 Å². The number of rotatable bonds is 6. The predicted molar refractivity (Wildman–Crippen MR) is 115 cm³/mol. The van der Waals surface area contributed by atoms with Gasteiger partial charge in [0.2, 0.25) is 5.91 Å². The molecule has 2 aromatic rings. The van der Waals surface area contributed by atoms with E-state index >= 15 is 0 Å². The van der Waals surface area contributed by atoms with Crippen LogP contribution in [0.2, 0.25) is 0 Å². The second kappa shape index (κ2) is 9.08. The van der Waals surface area contributed by atoms with E-state index in [-0.39, 0.29) is 17.8 Å². The highest BCUT2D eigenvalue weighted by Crippen LogP contribution is 2.28. The van der Waals surface area contributed by atoms with Gasteiger partial charge in [0.1, 0.15) is 17.5 Å². The first kappa shape index (κ1) is 20.7. The fourth-order valence-corrected chi connectivity index (χ4v) is 4.39. The van der Waals surface area contributed by atoms with Crippen molar-refractivity contribution in [3.8, 4) is 0 Å². The Hall–Kier alpha value is -2.54. The SMILES string of the molecule is CNc1nc(C2CCCN2)nc2c1CCN(C(=O)CCCc1ccc(F)c(C)c1)C2. The Morgan fingerprint density at radius 3 is 2.97 bits per heavy atom. The first-order chi connectivity index (χ1) is 14.5. The van der Waals surface area contributed by atoms with Gasteiger partial charge in [-0.05, 0) is 62.8 Å². The number of fused-ring (bicyclic) bond motifs is 1. The Bertz CT molecular complexity index is 926. The fourth-order valence-electron chi connectivity index (χ4n) is 4.39. The molecule has 2 aliphatic rings. The molecular formula is C23H30FN5O. The lowest BCUT2D eigenvalue weighted by molar-refractivity contribution is -0.132. The van der Waals surface area contributed by atoms with Crippen molar-refractivity contribution in [3.63, 3.8) is 0 Å². The van der Waals surface area contributed by atoms with Crippen molar-refractivity contribution in [2.75, 3.05) is 25.5 Å². The molecule has 1 amide bonds. The van der Waals surface area contributed by atoms with Gasteiger partial charge in [-0.25, -0.2) is 14.4 Å². The highest BCUT2D eigenvalue weighted by atomic mass is 19.1. The van der Waals surface area contributed by atoms with Gasteiger partial charge in [0.05, 0.1) is 18.3 Å². The number of halogens is 1. The van der Waals surface area contributed by atoms with Gasteiger partial charge >= 0.3 is 0 Å². The molecule has 4 rings (SSSR count). The normalized spacial score (nSPS) is 18.4. The molecule has 3 heterocycles. The second-order valence-corrected chi connectivity index (χ2v) is 8.26. The first-order valence-electron chi connectivity index (χ1n) is 10.9. The van der Waals surface area contributed by atoms with Crippen LogP contribution in [0, 0.1) is 12.7 Å². The standard InChI is InChI=1S/C23H30FN5O/c1-15-13-16(8-9-18(15)24)5-3-7-21(30)29-12-10-17-20(14-29)27-23(28-22(17)25-2)19-6-4-11-26-19/h8-9,13,19,26H,3-7,10-12,14H2,1-2H3,(H,25,27,28). The number of hydrogen-bond donors (Lipinski definition) is 2. The lowest BCUT2D eigenvalue weighted by Crippen LogP contribution is -2.37. The zero-order valence-corrected chi connectivity index (χ0v) is 17.8. The van der Waals surface area contributed by atoms with E-state index in [4.69, 9.17) is 9.97 Å². The third-order valence-electron chi connectivity index (χ3n) is 6.12. The zero-order valence-electron chi connectivity index (χ0n) is 17.8. The Morgan fingerprint density at radius 1 is 1.37 bits per heavy atom. The Kier molecular flexibility index (Phi) is 6.27. The van der Waals surface area contributed by atoms with Crippen LogP contribution in [-0.4, -0.2) is 40.9 Å². The largest absolute Gasteiger partial charge is 0.373 e. The summed E-state index contributed by atoms with van der Waals surface area (Å²) in [5, 5.41) is 6.67. The maximum atomic E-state index is 13.4. The average molecular weight is 412 g/mol. The summed E-state index contributed by atoms with van der Waals surface area (Å²) in [6.45, 7) is 4.01. The minimum absolute atomic E-state index is 0.157. The quantitative estimate of drug-likeness (QED) is 0.763. The molecule has 1 unspecified atom stereocenters. The third-order valence-corrected chi connectivity index (χ3v) is 6.12. The highest BCUT2D eigenvalue weighted by Gasteiger charge is 2.27. The van der Waals surface area contributed by atoms with Crippen molar-refractivity contribution in [1.29, 1.82) is 0 Å². The zero-order chi connectivity index (χ0) is 21.1. The van der Waals surface area contributed by atoms with Gasteiger partial charge in [-0.2, -0.15) is 0 Å². The summed E-state index contributed by atoms with van der Waals surface area (Å²) in [7, 11) is 1.89. The summed E-state index contributed by atoms with van der Waals surface area (Å²) in [6.07, 6.45) is 4.99. The molecule has 2 N–H and O–H groups in total. The van der Waals surface area contributed by atoms with Gasteiger partial charge in [0, 0.05) is 25.6 Å². The van der Waals surface area contributed by atoms with Gasteiger partial charge in [0.15, 0.2) is 0 Å². The molecule has 30 heavy (non-hydrogen) atoms. The number of aryl methyl sites for hydroxylation is 2. The van der Waals surface area contributed by atoms with Crippen molar-refractivity contribution in [2.45, 2.75) is 58.0 Å². The number of amides is 1. The number of nitrogens with one attached hydrogen (secondary N) is 2. The van der Waals surface area contributed by atoms with Crippen LogP contribution in [0.5, 0.6) is 0 Å². The van der Waals surface area contributed by atoms with E-state index in [1.807, 2.05) is 18.0 Å². The molecule has 1 saturated heterocycles. The van der Waals surface area contributed by atoms with Crippen LogP contribution in [0.4, 0.5) is 10.2 Å². The molecule has 160 valence electrons. The molecule has 1 atom stereocenters. The van der Waals surface area contributed by atoms with Crippen molar-refractivity contribution in [1.82, 2.24) is 20.2 Å². The number of hydrogen-bond acceptors (Lipinski definition) is 5. The molecule has 2 aliphatic heterocycles. The van der Waals surface area contributed by atoms with E-state index in [1.165, 1.54) is 6.07 Å². The Morgan fingerprint density at radius 2 is 2.23 bits per heavy atom. The molecule has 1 aromatic heterocycles. The minimum Gasteiger partial charge on any atom is -0.373 e. The van der Waals surface area contributed by atoms with E-state index in [0.29, 0.717) is 25.1 Å². The van der Waals surface area contributed by atoms with Gasteiger partial charge in [-0.3, -0.25) is 4.79 Å². The number of nitrogens with zero attached hydrogens (tertiary/aromatic N) is 3. The lowest BCUT2D eigenvalue weighted by atomic mass is 10.0. The number of carbonyl (C=O) groups is 1. The number of carbonyl (C=O) groups excluding carboxylic acids is 1. The summed E-state index contributed by atoms with van der Waals surface area (Å²) in [5.41, 5.74) is 3.82. The first-order valence-corrected chi connectivity index (χ1v) is 10.9. The van der Waals surface area contributed by atoms with Crippen LogP contribution in [0.3, 0.4) is 0 Å². The van der Waals surface area contributed by atoms with Crippen LogP contribution in [0.25, 0.3) is 0 Å². The van der Waals surface area contributed by atoms with Crippen LogP contribution < -0.4 is 10.6 Å². The van der Waals surface area contributed by atoms with Crippen molar-refractivity contribution in [2.24, 2.45) is 0 Å².